The largest absolute Gasteiger partial charge is 0.378 e. The lowest BCUT2D eigenvalue weighted by Gasteiger charge is -2.13. The highest BCUT2D eigenvalue weighted by Crippen LogP contribution is 2.35. The molecule has 4 aromatic rings. The number of rotatable bonds is 3. The number of nitrogens with one attached hydrogen (secondary N) is 1. The Labute approximate surface area is 167 Å². The van der Waals surface area contributed by atoms with Crippen LogP contribution in [0.2, 0.25) is 0 Å². The fraction of sp³-hybridized carbons (Fsp3) is 0.136. The number of anilines is 2. The number of nitrogens with zero attached hydrogens (tertiary/aromatic N) is 4. The number of nitrogens with two attached hydrogens (primary N) is 1. The average molecular weight is 387 g/mol. The zero-order valence-electron chi connectivity index (χ0n) is 16.4. The first-order valence-electron chi connectivity index (χ1n) is 9.08. The summed E-state index contributed by atoms with van der Waals surface area (Å²) in [7, 11) is 3.94. The molecule has 0 amide bonds. The number of pyridine rings is 1. The lowest BCUT2D eigenvalue weighted by molar-refractivity contribution is -0.632. The summed E-state index contributed by atoms with van der Waals surface area (Å²) in [5, 5.41) is 13.8. The van der Waals surface area contributed by atoms with Crippen molar-refractivity contribution in [2.45, 2.75) is 6.92 Å². The number of nitrogen functional groups attached to an aromatic ring is 1. The van der Waals surface area contributed by atoms with Crippen molar-refractivity contribution in [1.29, 1.82) is 5.26 Å². The van der Waals surface area contributed by atoms with Crippen LogP contribution < -0.4 is 15.3 Å². The van der Waals surface area contributed by atoms with Gasteiger partial charge in [-0.25, -0.2) is 9.49 Å². The lowest BCUT2D eigenvalue weighted by atomic mass is 9.96. The fourth-order valence-corrected chi connectivity index (χ4v) is 3.49. The van der Waals surface area contributed by atoms with Gasteiger partial charge in [0.25, 0.3) is 5.82 Å². The molecule has 2 heterocycles. The van der Waals surface area contributed by atoms with Crippen LogP contribution in [0.3, 0.4) is 0 Å². The van der Waals surface area contributed by atoms with Crippen LogP contribution in [-0.2, 0) is 0 Å². The Morgan fingerprint density at radius 1 is 1.10 bits per heavy atom. The van der Waals surface area contributed by atoms with Crippen molar-refractivity contribution < 1.29 is 9.07 Å². The quantitative estimate of drug-likeness (QED) is 0.527. The third kappa shape index (κ3) is 3.05. The van der Waals surface area contributed by atoms with Crippen LogP contribution in [0, 0.1) is 24.1 Å². The van der Waals surface area contributed by atoms with Gasteiger partial charge in [-0.05, 0) is 53.9 Å². The highest BCUT2D eigenvalue weighted by molar-refractivity contribution is 5.98. The van der Waals surface area contributed by atoms with Crippen LogP contribution in [0.5, 0.6) is 0 Å². The molecule has 0 fully saturated rings. The summed E-state index contributed by atoms with van der Waals surface area (Å²) in [5.74, 6) is -0.163. The summed E-state index contributed by atoms with van der Waals surface area (Å²) in [5.41, 5.74) is 11.3. The number of aryl methyl sites for hydroxylation is 1. The molecular weight excluding hydrogens is 367 g/mol. The van der Waals surface area contributed by atoms with Crippen molar-refractivity contribution >= 4 is 22.5 Å². The first-order valence-corrected chi connectivity index (χ1v) is 9.08. The summed E-state index contributed by atoms with van der Waals surface area (Å²) < 4.78 is 15.1. The van der Waals surface area contributed by atoms with E-state index >= 15 is 0 Å². The highest BCUT2D eigenvalue weighted by atomic mass is 19.1. The van der Waals surface area contributed by atoms with Crippen molar-refractivity contribution in [3.8, 4) is 22.9 Å². The number of hydrogen-bond donors (Lipinski definition) is 2. The third-order valence-corrected chi connectivity index (χ3v) is 4.94. The summed E-state index contributed by atoms with van der Waals surface area (Å²) in [6.45, 7) is 1.92. The number of nitriles is 1. The molecule has 144 valence electrons. The third-order valence-electron chi connectivity index (χ3n) is 4.94. The Balaban J connectivity index is 2.03. The van der Waals surface area contributed by atoms with E-state index in [0.29, 0.717) is 11.2 Å². The van der Waals surface area contributed by atoms with E-state index in [1.54, 1.807) is 16.8 Å². The molecule has 0 bridgehead atoms. The van der Waals surface area contributed by atoms with Gasteiger partial charge in [0.05, 0.1) is 5.69 Å². The van der Waals surface area contributed by atoms with Crippen LogP contribution in [0.15, 0.2) is 48.5 Å². The van der Waals surface area contributed by atoms with Crippen LogP contribution in [0.4, 0.5) is 15.9 Å². The maximum Gasteiger partial charge on any atom is 0.359 e. The molecule has 0 radical (unpaired) electrons. The van der Waals surface area contributed by atoms with Crippen LogP contribution in [-0.4, -0.2) is 24.2 Å². The van der Waals surface area contributed by atoms with E-state index in [-0.39, 0.29) is 11.6 Å². The smallest absolute Gasteiger partial charge is 0.359 e. The second-order valence-corrected chi connectivity index (χ2v) is 7.05. The molecule has 0 atom stereocenters. The minimum atomic E-state index is -0.317. The second-order valence-electron chi connectivity index (χ2n) is 7.05. The molecule has 0 spiro atoms. The molecular formula is C22H20FN6+. The predicted octanol–water partition coefficient (Wildman–Crippen LogP) is 3.47. The van der Waals surface area contributed by atoms with Gasteiger partial charge >= 0.3 is 5.65 Å². The van der Waals surface area contributed by atoms with E-state index in [2.05, 4.69) is 16.2 Å². The van der Waals surface area contributed by atoms with Gasteiger partial charge in [-0.3, -0.25) is 0 Å². The van der Waals surface area contributed by atoms with Crippen molar-refractivity contribution in [1.82, 2.24) is 10.1 Å². The van der Waals surface area contributed by atoms with Crippen molar-refractivity contribution in [3.63, 3.8) is 0 Å². The molecule has 0 saturated carbocycles. The first-order chi connectivity index (χ1) is 13.9. The van der Waals surface area contributed by atoms with Gasteiger partial charge in [0, 0.05) is 25.3 Å². The molecule has 0 aliphatic rings. The Morgan fingerprint density at radius 3 is 2.34 bits per heavy atom. The molecule has 0 unspecified atom stereocenters. The number of H-pyrrole nitrogens is 1. The first kappa shape index (κ1) is 18.4. The van der Waals surface area contributed by atoms with Gasteiger partial charge in [-0.2, -0.15) is 5.26 Å². The molecule has 29 heavy (non-hydrogen) atoms. The standard InChI is InChI=1S/C22H19FN6/c1-13-19-20(14-4-8-16(9-5-14)28(2)3)18(12-24)21(25)26-22(19)29(27-13)17-10-6-15(23)7-11-17/h4-11H,1-3H3,(H2,25,26,27)/p+1. The molecule has 2 aromatic carbocycles. The number of aromatic nitrogens is 3. The molecule has 0 aliphatic heterocycles. The normalized spacial score (nSPS) is 10.9. The number of halogens is 1. The van der Waals surface area contributed by atoms with Crippen molar-refractivity contribution in [2.75, 3.05) is 24.7 Å². The number of benzene rings is 2. The lowest BCUT2D eigenvalue weighted by Crippen LogP contribution is -2.33. The van der Waals surface area contributed by atoms with Gasteiger partial charge in [0.1, 0.15) is 22.8 Å². The predicted molar refractivity (Wildman–Crippen MR) is 111 cm³/mol. The summed E-state index contributed by atoms with van der Waals surface area (Å²) in [6, 6.07) is 16.2. The Hall–Kier alpha value is -3.92. The summed E-state index contributed by atoms with van der Waals surface area (Å²) >= 11 is 0. The average Bonchev–Trinajstić information content (AvgIpc) is 3.03. The molecule has 0 saturated heterocycles. The van der Waals surface area contributed by atoms with Crippen molar-refractivity contribution in [3.05, 3.63) is 65.6 Å². The molecule has 6 nitrogen and oxygen atoms in total. The zero-order chi connectivity index (χ0) is 20.7. The van der Waals surface area contributed by atoms with E-state index in [1.807, 2.05) is 50.2 Å². The maximum absolute atomic E-state index is 13.4. The molecule has 3 N–H and O–H groups in total. The zero-order valence-corrected chi connectivity index (χ0v) is 16.4. The second kappa shape index (κ2) is 6.91. The highest BCUT2D eigenvalue weighted by Gasteiger charge is 2.27. The maximum atomic E-state index is 13.4. The number of aromatic amines is 1. The Kier molecular flexibility index (Phi) is 4.40. The molecule has 0 aliphatic carbocycles. The van der Waals surface area contributed by atoms with E-state index in [1.165, 1.54) is 12.1 Å². The van der Waals surface area contributed by atoms with E-state index in [0.717, 1.165) is 33.6 Å². The van der Waals surface area contributed by atoms with Gasteiger partial charge in [-0.1, -0.05) is 12.1 Å². The van der Waals surface area contributed by atoms with E-state index < -0.39 is 0 Å². The van der Waals surface area contributed by atoms with Gasteiger partial charge < -0.3 is 10.6 Å². The minimum Gasteiger partial charge on any atom is -0.378 e. The van der Waals surface area contributed by atoms with Crippen LogP contribution in [0.25, 0.3) is 27.8 Å². The van der Waals surface area contributed by atoms with E-state index in [9.17, 15) is 9.65 Å². The van der Waals surface area contributed by atoms with Gasteiger partial charge in [-0.15, -0.1) is 4.68 Å². The topological polar surface area (TPSA) is 85.6 Å². The molecule has 4 rings (SSSR count). The van der Waals surface area contributed by atoms with Gasteiger partial charge in [0.2, 0.25) is 0 Å². The Morgan fingerprint density at radius 2 is 1.76 bits per heavy atom. The van der Waals surface area contributed by atoms with Gasteiger partial charge in [0.15, 0.2) is 5.69 Å². The molecule has 7 heteroatoms. The monoisotopic (exact) mass is 387 g/mol. The number of fused-ring (bicyclic) bond motifs is 1. The fourth-order valence-electron chi connectivity index (χ4n) is 3.49. The summed E-state index contributed by atoms with van der Waals surface area (Å²) in [6.07, 6.45) is 0. The van der Waals surface area contributed by atoms with Crippen molar-refractivity contribution in [2.24, 2.45) is 0 Å². The SMILES string of the molecule is Cc1[nH][n+](-c2ccc(F)cc2)c2nc(N)c(C#N)c(-c3ccc(N(C)C)cc3)c12. The number of hydrogen-bond acceptors (Lipinski definition) is 4. The molecule has 2 aromatic heterocycles. The van der Waals surface area contributed by atoms with E-state index in [4.69, 9.17) is 5.73 Å². The van der Waals surface area contributed by atoms with Crippen LogP contribution in [0.1, 0.15) is 11.3 Å². The minimum absolute atomic E-state index is 0.154. The summed E-state index contributed by atoms with van der Waals surface area (Å²) in [4.78, 5) is 6.49. The van der Waals surface area contributed by atoms with Crippen LogP contribution >= 0.6 is 0 Å². The Bertz CT molecular complexity index is 1250.